The molecule has 3 N–H and O–H groups in total. The summed E-state index contributed by atoms with van der Waals surface area (Å²) >= 11 is 0. The number of methoxy groups -OCH3 is 1. The number of hydrogen-bond acceptors (Lipinski definition) is 6. The van der Waals surface area contributed by atoms with Gasteiger partial charge in [-0.05, 0) is 56.0 Å². The molecule has 5 atom stereocenters. The Hall–Kier alpha value is -2.91. The van der Waals surface area contributed by atoms with E-state index in [9.17, 15) is 23.1 Å². The lowest BCUT2D eigenvalue weighted by Crippen LogP contribution is -2.63. The van der Waals surface area contributed by atoms with Gasteiger partial charge in [-0.1, -0.05) is 24.3 Å². The summed E-state index contributed by atoms with van der Waals surface area (Å²) < 4.78 is 31.4. The minimum atomic E-state index is -4.05. The second-order valence-corrected chi connectivity index (χ2v) is 10.8. The molecule has 4 rings (SSSR count). The number of carbonyl (C=O) groups excluding carboxylic acids is 2. The van der Waals surface area contributed by atoms with E-state index in [2.05, 4.69) is 10.6 Å². The van der Waals surface area contributed by atoms with E-state index >= 15 is 0 Å². The van der Waals surface area contributed by atoms with Gasteiger partial charge < -0.3 is 20.5 Å². The van der Waals surface area contributed by atoms with Crippen molar-refractivity contribution in [1.82, 2.24) is 5.32 Å². The Bertz CT molecular complexity index is 1150. The van der Waals surface area contributed by atoms with E-state index in [0.717, 1.165) is 5.56 Å². The molecule has 176 valence electrons. The molecular weight excluding hydrogens is 444 g/mol. The van der Waals surface area contributed by atoms with Crippen LogP contribution in [0.25, 0.3) is 0 Å². The molecule has 0 bridgehead atoms. The highest BCUT2D eigenvalue weighted by molar-refractivity contribution is 7.92. The molecule has 1 saturated carbocycles. The van der Waals surface area contributed by atoms with Crippen LogP contribution in [0, 0.1) is 18.8 Å². The van der Waals surface area contributed by atoms with Crippen molar-refractivity contribution in [3.8, 4) is 5.75 Å². The van der Waals surface area contributed by atoms with Gasteiger partial charge in [-0.3, -0.25) is 9.59 Å². The molecule has 0 aromatic heterocycles. The van der Waals surface area contributed by atoms with Crippen molar-refractivity contribution in [3.63, 3.8) is 0 Å². The van der Waals surface area contributed by atoms with E-state index < -0.39 is 39.1 Å². The van der Waals surface area contributed by atoms with E-state index in [1.165, 1.54) is 19.2 Å². The number of amides is 2. The number of hydrogen-bond donors (Lipinski definition) is 3. The number of rotatable bonds is 5. The quantitative estimate of drug-likeness (QED) is 0.612. The molecule has 8 nitrogen and oxygen atoms in total. The van der Waals surface area contributed by atoms with Crippen molar-refractivity contribution in [2.45, 2.75) is 48.5 Å². The molecule has 1 heterocycles. The summed E-state index contributed by atoms with van der Waals surface area (Å²) in [5.74, 6) is -1.19. The van der Waals surface area contributed by atoms with Crippen LogP contribution in [0.15, 0.2) is 53.4 Å². The number of piperidine rings is 1. The number of aliphatic hydroxyl groups excluding tert-OH is 1. The Kier molecular flexibility index (Phi) is 6.45. The molecule has 1 saturated heterocycles. The zero-order valence-electron chi connectivity index (χ0n) is 18.5. The normalized spacial score (nSPS) is 27.2. The van der Waals surface area contributed by atoms with Gasteiger partial charge in [-0.15, -0.1) is 0 Å². The van der Waals surface area contributed by atoms with Gasteiger partial charge in [0.1, 0.15) is 5.75 Å². The Balaban J connectivity index is 1.48. The van der Waals surface area contributed by atoms with E-state index in [1.807, 2.05) is 19.1 Å². The molecule has 9 heteroatoms. The fourth-order valence-corrected chi connectivity index (χ4v) is 6.64. The highest BCUT2D eigenvalue weighted by Crippen LogP contribution is 2.38. The zero-order valence-corrected chi connectivity index (χ0v) is 19.3. The van der Waals surface area contributed by atoms with Crippen molar-refractivity contribution in [3.05, 3.63) is 54.1 Å². The van der Waals surface area contributed by atoms with E-state index in [-0.39, 0.29) is 16.7 Å². The van der Waals surface area contributed by atoms with Crippen molar-refractivity contribution < 1.29 is 27.9 Å². The van der Waals surface area contributed by atoms with Crippen LogP contribution >= 0.6 is 0 Å². The molecule has 33 heavy (non-hydrogen) atoms. The summed E-state index contributed by atoms with van der Waals surface area (Å²) in [7, 11) is -2.52. The molecule has 0 spiro atoms. The summed E-state index contributed by atoms with van der Waals surface area (Å²) in [4.78, 5) is 25.8. The lowest BCUT2D eigenvalue weighted by molar-refractivity contribution is -0.132. The Labute approximate surface area is 193 Å². The SMILES string of the molecule is COc1ccc(C)cc1NC(=O)C1CCC2C(C1)NC(=O)C(S(=O)(=O)c1ccccc1)C2O. The number of benzene rings is 2. The number of anilines is 1. The fourth-order valence-electron chi connectivity index (χ4n) is 4.89. The van der Waals surface area contributed by atoms with E-state index in [4.69, 9.17) is 4.74 Å². The smallest absolute Gasteiger partial charge is 0.241 e. The third kappa shape index (κ3) is 4.47. The Morgan fingerprint density at radius 3 is 2.58 bits per heavy atom. The Morgan fingerprint density at radius 2 is 1.88 bits per heavy atom. The monoisotopic (exact) mass is 472 g/mol. The second kappa shape index (κ2) is 9.15. The van der Waals surface area contributed by atoms with E-state index in [1.54, 1.807) is 24.3 Å². The molecule has 2 aromatic rings. The van der Waals surface area contributed by atoms with Crippen LogP contribution in [0.1, 0.15) is 24.8 Å². The summed E-state index contributed by atoms with van der Waals surface area (Å²) in [6, 6.07) is 12.7. The maximum absolute atomic E-state index is 13.0. The number of ether oxygens (including phenoxy) is 1. The zero-order chi connectivity index (χ0) is 23.8. The van der Waals surface area contributed by atoms with Crippen LogP contribution in [-0.2, 0) is 19.4 Å². The van der Waals surface area contributed by atoms with Gasteiger partial charge in [0.15, 0.2) is 15.1 Å². The lowest BCUT2D eigenvalue weighted by Gasteiger charge is -2.44. The highest BCUT2D eigenvalue weighted by atomic mass is 32.2. The van der Waals surface area contributed by atoms with Crippen LogP contribution in [-0.4, -0.2) is 49.8 Å². The Morgan fingerprint density at radius 1 is 1.15 bits per heavy atom. The summed E-state index contributed by atoms with van der Waals surface area (Å²) in [5, 5.41) is 15.0. The number of nitrogens with one attached hydrogen (secondary N) is 2. The van der Waals surface area contributed by atoms with Gasteiger partial charge in [0.25, 0.3) is 0 Å². The molecule has 1 aliphatic carbocycles. The molecule has 2 fully saturated rings. The minimum absolute atomic E-state index is 0.00261. The highest BCUT2D eigenvalue weighted by Gasteiger charge is 2.52. The van der Waals surface area contributed by atoms with Crippen LogP contribution in [0.3, 0.4) is 0 Å². The van der Waals surface area contributed by atoms with Gasteiger partial charge in [0.2, 0.25) is 11.8 Å². The maximum Gasteiger partial charge on any atom is 0.241 e. The molecule has 1 aliphatic heterocycles. The standard InChI is InChI=1S/C24H28N2O6S/c1-14-8-11-20(32-2)19(12-14)26-23(28)15-9-10-17-18(13-15)25-24(29)22(21(17)27)33(30,31)16-6-4-3-5-7-16/h3-8,11-12,15,17-18,21-22,27H,9-10,13H2,1-2H3,(H,25,29)(H,26,28). The van der Waals surface area contributed by atoms with Gasteiger partial charge >= 0.3 is 0 Å². The molecule has 2 aliphatic rings. The average molecular weight is 473 g/mol. The van der Waals surface area contributed by atoms with E-state index in [0.29, 0.717) is 30.7 Å². The van der Waals surface area contributed by atoms with Crippen molar-refractivity contribution in [2.24, 2.45) is 11.8 Å². The predicted octanol–water partition coefficient (Wildman–Crippen LogP) is 2.06. The first kappa shape index (κ1) is 23.3. The summed E-state index contributed by atoms with van der Waals surface area (Å²) in [5.41, 5.74) is 1.55. The van der Waals surface area contributed by atoms with Crippen molar-refractivity contribution >= 4 is 27.3 Å². The number of aryl methyl sites for hydroxylation is 1. The average Bonchev–Trinajstić information content (AvgIpc) is 2.79. The summed E-state index contributed by atoms with van der Waals surface area (Å²) in [6.07, 6.45) is -0.108. The lowest BCUT2D eigenvalue weighted by atomic mass is 9.73. The third-order valence-electron chi connectivity index (χ3n) is 6.63. The van der Waals surface area contributed by atoms with Gasteiger partial charge in [-0.2, -0.15) is 0 Å². The molecule has 5 unspecified atom stereocenters. The fraction of sp³-hybridized carbons (Fsp3) is 0.417. The summed E-state index contributed by atoms with van der Waals surface area (Å²) in [6.45, 7) is 1.92. The van der Waals surface area contributed by atoms with Crippen molar-refractivity contribution in [2.75, 3.05) is 12.4 Å². The van der Waals surface area contributed by atoms with Crippen LogP contribution in [0.2, 0.25) is 0 Å². The molecular formula is C24H28N2O6S. The number of carbonyl (C=O) groups is 2. The number of aliphatic hydroxyl groups is 1. The third-order valence-corrected chi connectivity index (χ3v) is 8.72. The topological polar surface area (TPSA) is 122 Å². The maximum atomic E-state index is 13.0. The largest absolute Gasteiger partial charge is 0.495 e. The number of sulfone groups is 1. The van der Waals surface area contributed by atoms with Crippen LogP contribution in [0.4, 0.5) is 5.69 Å². The van der Waals surface area contributed by atoms with Gasteiger partial charge in [-0.25, -0.2) is 8.42 Å². The van der Waals surface area contributed by atoms with Crippen LogP contribution < -0.4 is 15.4 Å². The first-order chi connectivity index (χ1) is 15.7. The molecule has 2 aromatic carbocycles. The van der Waals surface area contributed by atoms with Crippen molar-refractivity contribution in [1.29, 1.82) is 0 Å². The number of fused-ring (bicyclic) bond motifs is 1. The first-order valence-corrected chi connectivity index (χ1v) is 12.5. The minimum Gasteiger partial charge on any atom is -0.495 e. The second-order valence-electron chi connectivity index (χ2n) is 8.75. The predicted molar refractivity (Wildman–Crippen MR) is 123 cm³/mol. The van der Waals surface area contributed by atoms with Crippen LogP contribution in [0.5, 0.6) is 5.75 Å². The molecule has 0 radical (unpaired) electrons. The first-order valence-electron chi connectivity index (χ1n) is 10.9. The van der Waals surface area contributed by atoms with Gasteiger partial charge in [0, 0.05) is 17.9 Å². The molecule has 2 amide bonds. The van der Waals surface area contributed by atoms with Gasteiger partial charge in [0.05, 0.1) is 23.8 Å².